The van der Waals surface area contributed by atoms with Crippen LogP contribution in [0.25, 0.3) is 0 Å². The van der Waals surface area contributed by atoms with Gasteiger partial charge in [-0.05, 0) is 56.7 Å². The molecule has 1 aromatic rings. The number of rotatable bonds is 2. The van der Waals surface area contributed by atoms with Crippen LogP contribution in [0.3, 0.4) is 0 Å². The average Bonchev–Trinajstić information content (AvgIpc) is 2.26. The molecular weight excluding hydrogens is 198 g/mol. The zero-order valence-electron chi connectivity index (χ0n) is 10.0. The minimum absolute atomic E-state index is 0.0286. The topological polar surface area (TPSA) is 43.1 Å². The number of Topliss-reactive ketones (excluding diaryl/α,β-unsaturated/α-hetero) is 1. The highest BCUT2D eigenvalue weighted by Crippen LogP contribution is 2.23. The van der Waals surface area contributed by atoms with Crippen molar-refractivity contribution in [1.82, 2.24) is 0 Å². The molecular formula is C14H19NO. The minimum Gasteiger partial charge on any atom is -0.319 e. The first-order chi connectivity index (χ1) is 7.48. The Morgan fingerprint density at radius 2 is 1.81 bits per heavy atom. The fourth-order valence-corrected chi connectivity index (χ4v) is 2.25. The van der Waals surface area contributed by atoms with E-state index in [1.54, 1.807) is 13.8 Å². The van der Waals surface area contributed by atoms with Gasteiger partial charge in [0.25, 0.3) is 0 Å². The van der Waals surface area contributed by atoms with Gasteiger partial charge in [-0.1, -0.05) is 12.1 Å². The molecule has 0 fully saturated rings. The van der Waals surface area contributed by atoms with E-state index in [1.165, 1.54) is 24.0 Å². The molecule has 0 atom stereocenters. The third-order valence-electron chi connectivity index (χ3n) is 3.20. The lowest BCUT2D eigenvalue weighted by atomic mass is 9.87. The van der Waals surface area contributed by atoms with Crippen LogP contribution in [0.15, 0.2) is 18.2 Å². The molecule has 2 nitrogen and oxygen atoms in total. The number of ketones is 1. The van der Waals surface area contributed by atoms with Crippen LogP contribution >= 0.6 is 0 Å². The van der Waals surface area contributed by atoms with Crippen molar-refractivity contribution >= 4 is 5.78 Å². The van der Waals surface area contributed by atoms with Crippen molar-refractivity contribution in [2.45, 2.75) is 45.1 Å². The van der Waals surface area contributed by atoms with Crippen LogP contribution in [-0.2, 0) is 12.8 Å². The van der Waals surface area contributed by atoms with Crippen molar-refractivity contribution in [3.8, 4) is 0 Å². The molecule has 0 aromatic heterocycles. The van der Waals surface area contributed by atoms with Gasteiger partial charge in [-0.3, -0.25) is 4.79 Å². The summed E-state index contributed by atoms with van der Waals surface area (Å²) in [7, 11) is 0. The molecule has 0 unspecified atom stereocenters. The second kappa shape index (κ2) is 4.02. The Balaban J connectivity index is 2.34. The average molecular weight is 217 g/mol. The molecule has 0 saturated heterocycles. The Labute approximate surface area is 96.8 Å². The molecule has 1 aliphatic carbocycles. The number of hydrogen-bond donors (Lipinski definition) is 1. The van der Waals surface area contributed by atoms with Crippen molar-refractivity contribution in [1.29, 1.82) is 0 Å². The normalized spacial score (nSPS) is 15.7. The summed E-state index contributed by atoms with van der Waals surface area (Å²) in [6.07, 6.45) is 4.75. The zero-order valence-corrected chi connectivity index (χ0v) is 10.0. The molecule has 0 bridgehead atoms. The quantitative estimate of drug-likeness (QED) is 0.773. The number of fused-ring (bicyclic) bond motifs is 1. The summed E-state index contributed by atoms with van der Waals surface area (Å²) in [4.78, 5) is 12.0. The molecule has 0 amide bonds. The molecule has 0 heterocycles. The Morgan fingerprint density at radius 1 is 1.19 bits per heavy atom. The Bertz CT molecular complexity index is 415. The first-order valence-corrected chi connectivity index (χ1v) is 5.94. The Hall–Kier alpha value is -1.15. The predicted octanol–water partition coefficient (Wildman–Crippen LogP) is 2.49. The third kappa shape index (κ3) is 2.17. The maximum atomic E-state index is 12.0. The van der Waals surface area contributed by atoms with Crippen LogP contribution in [0, 0.1) is 0 Å². The predicted molar refractivity (Wildman–Crippen MR) is 65.7 cm³/mol. The molecule has 0 aliphatic heterocycles. The second-order valence-corrected chi connectivity index (χ2v) is 5.24. The second-order valence-electron chi connectivity index (χ2n) is 5.24. The van der Waals surface area contributed by atoms with E-state index >= 15 is 0 Å². The Morgan fingerprint density at radius 3 is 2.44 bits per heavy atom. The van der Waals surface area contributed by atoms with E-state index < -0.39 is 5.54 Å². The Kier molecular flexibility index (Phi) is 2.85. The van der Waals surface area contributed by atoms with Gasteiger partial charge in [0.05, 0.1) is 5.54 Å². The summed E-state index contributed by atoms with van der Waals surface area (Å²) >= 11 is 0. The van der Waals surface area contributed by atoms with Crippen molar-refractivity contribution in [2.24, 2.45) is 5.73 Å². The number of hydrogen-bond acceptors (Lipinski definition) is 2. The molecule has 1 aliphatic rings. The molecule has 1 aromatic carbocycles. The van der Waals surface area contributed by atoms with E-state index in [0.717, 1.165) is 18.4 Å². The summed E-state index contributed by atoms with van der Waals surface area (Å²) in [6, 6.07) is 6.04. The van der Waals surface area contributed by atoms with Gasteiger partial charge in [0.15, 0.2) is 5.78 Å². The molecule has 2 heteroatoms. The highest BCUT2D eigenvalue weighted by atomic mass is 16.1. The standard InChI is InChI=1S/C14H19NO/c1-14(2,15)13(16)12-8-7-10-5-3-4-6-11(10)9-12/h7-9H,3-6,15H2,1-2H3. The number of carbonyl (C=O) groups excluding carboxylic acids is 1. The lowest BCUT2D eigenvalue weighted by molar-refractivity contribution is 0.0913. The molecule has 2 N–H and O–H groups in total. The molecule has 2 rings (SSSR count). The monoisotopic (exact) mass is 217 g/mol. The molecule has 0 radical (unpaired) electrons. The van der Waals surface area contributed by atoms with Crippen molar-refractivity contribution in [3.63, 3.8) is 0 Å². The number of carbonyl (C=O) groups is 1. The molecule has 86 valence electrons. The van der Waals surface area contributed by atoms with Gasteiger partial charge in [-0.25, -0.2) is 0 Å². The van der Waals surface area contributed by atoms with Crippen LogP contribution in [0.5, 0.6) is 0 Å². The van der Waals surface area contributed by atoms with Crippen molar-refractivity contribution in [2.75, 3.05) is 0 Å². The van der Waals surface area contributed by atoms with Gasteiger partial charge in [0, 0.05) is 5.56 Å². The number of benzene rings is 1. The lowest BCUT2D eigenvalue weighted by Crippen LogP contribution is -2.41. The summed E-state index contributed by atoms with van der Waals surface area (Å²) in [5.41, 5.74) is 8.56. The maximum absolute atomic E-state index is 12.0. The van der Waals surface area contributed by atoms with E-state index in [0.29, 0.717) is 0 Å². The summed E-state index contributed by atoms with van der Waals surface area (Å²) < 4.78 is 0. The smallest absolute Gasteiger partial charge is 0.182 e. The van der Waals surface area contributed by atoms with E-state index in [1.807, 2.05) is 12.1 Å². The summed E-state index contributed by atoms with van der Waals surface area (Å²) in [5, 5.41) is 0. The number of aryl methyl sites for hydroxylation is 2. The molecule has 0 saturated carbocycles. The highest BCUT2D eigenvalue weighted by Gasteiger charge is 2.24. The van der Waals surface area contributed by atoms with E-state index in [-0.39, 0.29) is 5.78 Å². The largest absolute Gasteiger partial charge is 0.319 e. The lowest BCUT2D eigenvalue weighted by Gasteiger charge is -2.20. The molecule has 16 heavy (non-hydrogen) atoms. The fourth-order valence-electron chi connectivity index (χ4n) is 2.25. The fraction of sp³-hybridized carbons (Fsp3) is 0.500. The first kappa shape index (κ1) is 11.3. The van der Waals surface area contributed by atoms with Crippen LogP contribution in [-0.4, -0.2) is 11.3 Å². The van der Waals surface area contributed by atoms with E-state index in [2.05, 4.69) is 6.07 Å². The highest BCUT2D eigenvalue weighted by molar-refractivity contribution is 6.02. The van der Waals surface area contributed by atoms with Crippen LogP contribution in [0.4, 0.5) is 0 Å². The third-order valence-corrected chi connectivity index (χ3v) is 3.20. The van der Waals surface area contributed by atoms with E-state index in [4.69, 9.17) is 5.73 Å². The zero-order chi connectivity index (χ0) is 11.8. The number of nitrogens with two attached hydrogens (primary N) is 1. The minimum atomic E-state index is -0.775. The van der Waals surface area contributed by atoms with Gasteiger partial charge in [-0.15, -0.1) is 0 Å². The van der Waals surface area contributed by atoms with Gasteiger partial charge < -0.3 is 5.73 Å². The van der Waals surface area contributed by atoms with Gasteiger partial charge in [0.2, 0.25) is 0 Å². The van der Waals surface area contributed by atoms with Gasteiger partial charge >= 0.3 is 0 Å². The van der Waals surface area contributed by atoms with Crippen molar-refractivity contribution in [3.05, 3.63) is 34.9 Å². The van der Waals surface area contributed by atoms with Crippen molar-refractivity contribution < 1.29 is 4.79 Å². The van der Waals surface area contributed by atoms with Crippen LogP contribution in [0.1, 0.15) is 48.2 Å². The maximum Gasteiger partial charge on any atom is 0.182 e. The van der Waals surface area contributed by atoms with Gasteiger partial charge in [-0.2, -0.15) is 0 Å². The SMILES string of the molecule is CC(C)(N)C(=O)c1ccc2c(c1)CCCC2. The van der Waals surface area contributed by atoms with Crippen LogP contribution < -0.4 is 5.73 Å². The molecule has 0 spiro atoms. The summed E-state index contributed by atoms with van der Waals surface area (Å²) in [6.45, 7) is 3.52. The summed E-state index contributed by atoms with van der Waals surface area (Å²) in [5.74, 6) is 0.0286. The first-order valence-electron chi connectivity index (χ1n) is 5.94. The van der Waals surface area contributed by atoms with Crippen LogP contribution in [0.2, 0.25) is 0 Å². The van der Waals surface area contributed by atoms with Gasteiger partial charge in [0.1, 0.15) is 0 Å². The van der Waals surface area contributed by atoms with E-state index in [9.17, 15) is 4.79 Å².